The highest BCUT2D eigenvalue weighted by atomic mass is 32.1. The molecule has 0 bridgehead atoms. The van der Waals surface area contributed by atoms with Gasteiger partial charge in [0.15, 0.2) is 0 Å². The van der Waals surface area contributed by atoms with Crippen LogP contribution < -0.4 is 10.2 Å². The number of aromatic nitrogens is 1. The van der Waals surface area contributed by atoms with Crippen LogP contribution in [0.25, 0.3) is 10.1 Å². The Labute approximate surface area is 155 Å². The van der Waals surface area contributed by atoms with E-state index in [1.54, 1.807) is 11.5 Å². The summed E-state index contributed by atoms with van der Waals surface area (Å²) in [5, 5.41) is 4.76. The van der Waals surface area contributed by atoms with Crippen LogP contribution in [0.4, 0.5) is 5.82 Å². The average molecular weight is 359 g/mol. The lowest BCUT2D eigenvalue weighted by Gasteiger charge is -2.36. The van der Waals surface area contributed by atoms with Gasteiger partial charge in [-0.15, -0.1) is 0 Å². The number of rotatable bonds is 5. The van der Waals surface area contributed by atoms with Gasteiger partial charge in [-0.1, -0.05) is 12.1 Å². The number of piperazine rings is 1. The van der Waals surface area contributed by atoms with E-state index in [1.165, 1.54) is 67.6 Å². The fourth-order valence-corrected chi connectivity index (χ4v) is 5.18. The molecule has 2 fully saturated rings. The second-order valence-corrected chi connectivity index (χ2v) is 8.43. The lowest BCUT2D eigenvalue weighted by Crippen LogP contribution is -2.47. The van der Waals surface area contributed by atoms with Crippen molar-refractivity contribution in [3.8, 4) is 0 Å². The van der Waals surface area contributed by atoms with Crippen LogP contribution in [0.2, 0.25) is 0 Å². The van der Waals surface area contributed by atoms with E-state index in [2.05, 4.69) is 46.4 Å². The third-order valence-corrected chi connectivity index (χ3v) is 6.96. The molecule has 0 radical (unpaired) electrons. The van der Waals surface area contributed by atoms with E-state index >= 15 is 0 Å². The van der Waals surface area contributed by atoms with Crippen molar-refractivity contribution in [2.24, 2.45) is 5.92 Å². The van der Waals surface area contributed by atoms with Gasteiger partial charge >= 0.3 is 0 Å². The van der Waals surface area contributed by atoms with Gasteiger partial charge in [-0.05, 0) is 75.3 Å². The summed E-state index contributed by atoms with van der Waals surface area (Å²) in [5.41, 5.74) is 0. The van der Waals surface area contributed by atoms with Crippen LogP contribution in [0.15, 0.2) is 24.3 Å². The molecule has 4 rings (SSSR count). The molecule has 25 heavy (non-hydrogen) atoms. The van der Waals surface area contributed by atoms with Gasteiger partial charge in [0.1, 0.15) is 5.82 Å². The zero-order valence-electron chi connectivity index (χ0n) is 15.3. The fourth-order valence-electron chi connectivity index (χ4n) is 4.39. The fraction of sp³-hybridized carbons (Fsp3) is 0.650. The Balaban J connectivity index is 1.25. The van der Waals surface area contributed by atoms with Gasteiger partial charge in [-0.2, -0.15) is 4.37 Å². The van der Waals surface area contributed by atoms with E-state index in [0.717, 1.165) is 25.0 Å². The minimum Gasteiger partial charge on any atom is -0.353 e. The Morgan fingerprint density at radius 1 is 1.08 bits per heavy atom. The Hall–Kier alpha value is -1.17. The first kappa shape index (κ1) is 17.3. The molecule has 2 aromatic rings. The summed E-state index contributed by atoms with van der Waals surface area (Å²) >= 11 is 1.63. The second kappa shape index (κ2) is 8.02. The topological polar surface area (TPSA) is 31.4 Å². The summed E-state index contributed by atoms with van der Waals surface area (Å²) in [6.45, 7) is 5.86. The third kappa shape index (κ3) is 3.99. The van der Waals surface area contributed by atoms with Gasteiger partial charge in [0.2, 0.25) is 0 Å². The van der Waals surface area contributed by atoms with Crippen molar-refractivity contribution in [3.63, 3.8) is 0 Å². The molecule has 4 nitrogen and oxygen atoms in total. The Kier molecular flexibility index (Phi) is 5.54. The minimum atomic E-state index is 0.771. The normalized spacial score (nSPS) is 25.6. The number of hydrogen-bond donors (Lipinski definition) is 1. The molecule has 1 aliphatic carbocycles. The Morgan fingerprint density at radius 2 is 1.84 bits per heavy atom. The van der Waals surface area contributed by atoms with Crippen molar-refractivity contribution in [2.45, 2.75) is 38.1 Å². The second-order valence-electron chi connectivity index (χ2n) is 7.63. The van der Waals surface area contributed by atoms with E-state index in [-0.39, 0.29) is 0 Å². The zero-order valence-corrected chi connectivity index (χ0v) is 16.1. The molecule has 0 spiro atoms. The lowest BCUT2D eigenvalue weighted by molar-refractivity contribution is 0.212. The average Bonchev–Trinajstić information content (AvgIpc) is 3.11. The third-order valence-electron chi connectivity index (χ3n) is 6.14. The van der Waals surface area contributed by atoms with Crippen molar-refractivity contribution >= 4 is 27.4 Å². The predicted octanol–water partition coefficient (Wildman–Crippen LogP) is 3.59. The number of benzene rings is 1. The first-order valence-electron chi connectivity index (χ1n) is 9.82. The highest BCUT2D eigenvalue weighted by Crippen LogP contribution is 2.30. The molecule has 2 aliphatic rings. The van der Waals surface area contributed by atoms with E-state index in [1.807, 2.05) is 0 Å². The number of nitrogens with zero attached hydrogens (tertiary/aromatic N) is 3. The maximum absolute atomic E-state index is 4.72. The molecule has 1 saturated heterocycles. The monoisotopic (exact) mass is 358 g/mol. The number of nitrogens with one attached hydrogen (secondary N) is 1. The van der Waals surface area contributed by atoms with Crippen molar-refractivity contribution in [1.29, 1.82) is 0 Å². The molecule has 1 aromatic heterocycles. The summed E-state index contributed by atoms with van der Waals surface area (Å²) in [6, 6.07) is 9.39. The Bertz CT molecular complexity index is 669. The van der Waals surface area contributed by atoms with Crippen LogP contribution in [0.3, 0.4) is 0 Å². The summed E-state index contributed by atoms with van der Waals surface area (Å²) in [6.07, 6.45) is 6.94. The Morgan fingerprint density at radius 3 is 2.60 bits per heavy atom. The predicted molar refractivity (Wildman–Crippen MR) is 108 cm³/mol. The molecule has 0 atom stereocenters. The smallest absolute Gasteiger partial charge is 0.150 e. The number of hydrogen-bond acceptors (Lipinski definition) is 5. The summed E-state index contributed by atoms with van der Waals surface area (Å²) in [4.78, 5) is 5.14. The maximum Gasteiger partial charge on any atom is 0.150 e. The van der Waals surface area contributed by atoms with Crippen molar-refractivity contribution in [1.82, 2.24) is 14.6 Å². The van der Waals surface area contributed by atoms with Gasteiger partial charge in [-0.3, -0.25) is 4.90 Å². The molecule has 136 valence electrons. The maximum atomic E-state index is 4.72. The van der Waals surface area contributed by atoms with Gasteiger partial charge in [0, 0.05) is 37.6 Å². The quantitative estimate of drug-likeness (QED) is 0.885. The number of anilines is 1. The van der Waals surface area contributed by atoms with Crippen molar-refractivity contribution < 1.29 is 0 Å². The van der Waals surface area contributed by atoms with Gasteiger partial charge < -0.3 is 10.2 Å². The molecular weight excluding hydrogens is 328 g/mol. The standard InChI is InChI=1S/C20H30N4S/c1-21-17-8-6-16(7-9-17)10-11-23-12-14-24(15-13-23)20-18-4-2-3-5-19(18)25-22-20/h2-5,16-17,21H,6-15H2,1H3. The van der Waals surface area contributed by atoms with E-state index in [9.17, 15) is 0 Å². The van der Waals surface area contributed by atoms with Crippen LogP contribution >= 0.6 is 11.5 Å². The van der Waals surface area contributed by atoms with Gasteiger partial charge in [0.05, 0.1) is 4.70 Å². The molecule has 0 unspecified atom stereocenters. The molecule has 1 saturated carbocycles. The van der Waals surface area contributed by atoms with Crippen LogP contribution in [0.5, 0.6) is 0 Å². The van der Waals surface area contributed by atoms with Crippen LogP contribution in [-0.2, 0) is 0 Å². The minimum absolute atomic E-state index is 0.771. The molecule has 1 aromatic carbocycles. The first-order chi connectivity index (χ1) is 12.3. The van der Waals surface area contributed by atoms with Gasteiger partial charge in [0.25, 0.3) is 0 Å². The highest BCUT2D eigenvalue weighted by molar-refractivity contribution is 7.13. The van der Waals surface area contributed by atoms with Crippen LogP contribution in [0, 0.1) is 5.92 Å². The van der Waals surface area contributed by atoms with E-state index in [4.69, 9.17) is 4.37 Å². The molecule has 5 heteroatoms. The number of fused-ring (bicyclic) bond motifs is 1. The lowest BCUT2D eigenvalue weighted by atomic mass is 9.84. The van der Waals surface area contributed by atoms with E-state index < -0.39 is 0 Å². The molecule has 0 amide bonds. The molecule has 1 N–H and O–H groups in total. The summed E-state index contributed by atoms with van der Waals surface area (Å²) in [5.74, 6) is 2.15. The summed E-state index contributed by atoms with van der Waals surface area (Å²) in [7, 11) is 2.11. The van der Waals surface area contributed by atoms with Crippen LogP contribution in [0.1, 0.15) is 32.1 Å². The highest BCUT2D eigenvalue weighted by Gasteiger charge is 2.23. The molecule has 2 heterocycles. The summed E-state index contributed by atoms with van der Waals surface area (Å²) < 4.78 is 6.02. The largest absolute Gasteiger partial charge is 0.353 e. The molecule has 1 aliphatic heterocycles. The molecular formula is C20H30N4S. The zero-order chi connectivity index (χ0) is 17.1. The van der Waals surface area contributed by atoms with Crippen LogP contribution in [-0.4, -0.2) is 55.1 Å². The van der Waals surface area contributed by atoms with Crippen molar-refractivity contribution in [2.75, 3.05) is 44.7 Å². The SMILES string of the molecule is CNC1CCC(CCN2CCN(c3nsc4ccccc34)CC2)CC1. The van der Waals surface area contributed by atoms with E-state index in [0.29, 0.717) is 0 Å². The van der Waals surface area contributed by atoms with Crippen molar-refractivity contribution in [3.05, 3.63) is 24.3 Å². The first-order valence-corrected chi connectivity index (χ1v) is 10.6. The van der Waals surface area contributed by atoms with Gasteiger partial charge in [-0.25, -0.2) is 0 Å².